The Hall–Kier alpha value is -3.55. The van der Waals surface area contributed by atoms with Crippen molar-refractivity contribution in [2.45, 2.75) is 20.1 Å². The van der Waals surface area contributed by atoms with E-state index in [1.54, 1.807) is 43.3 Å². The Morgan fingerprint density at radius 3 is 2.54 bits per heavy atom. The molecule has 0 fully saturated rings. The number of carbonyl (C=O) groups is 1. The third kappa shape index (κ3) is 4.79. The molecule has 28 heavy (non-hydrogen) atoms. The molecule has 0 radical (unpaired) electrons. The first kappa shape index (κ1) is 19.2. The molecule has 0 saturated heterocycles. The number of benzene rings is 2. The average molecular weight is 384 g/mol. The third-order valence-corrected chi connectivity index (χ3v) is 3.91. The summed E-state index contributed by atoms with van der Waals surface area (Å²) >= 11 is 0. The number of hydrogen-bond acceptors (Lipinski definition) is 4. The highest BCUT2D eigenvalue weighted by atomic mass is 19.1. The summed E-state index contributed by atoms with van der Waals surface area (Å²) in [6.07, 6.45) is 2.54. The lowest BCUT2D eigenvalue weighted by atomic mass is 10.1. The minimum atomic E-state index is -0.508. The first-order valence-corrected chi connectivity index (χ1v) is 8.59. The Balaban J connectivity index is 1.53. The van der Waals surface area contributed by atoms with Crippen LogP contribution in [-0.2, 0) is 13.2 Å². The number of carbonyl (C=O) groups excluding carboxylic acids is 1. The second kappa shape index (κ2) is 8.90. The van der Waals surface area contributed by atoms with Gasteiger partial charge in [-0.2, -0.15) is 14.6 Å². The van der Waals surface area contributed by atoms with Crippen molar-refractivity contribution in [1.82, 2.24) is 15.2 Å². The maximum atomic E-state index is 13.8. The van der Waals surface area contributed by atoms with Crippen LogP contribution in [0.1, 0.15) is 28.4 Å². The van der Waals surface area contributed by atoms with Gasteiger partial charge in [0.05, 0.1) is 18.0 Å². The summed E-state index contributed by atoms with van der Waals surface area (Å²) in [5, 5.41) is 7.61. The van der Waals surface area contributed by atoms with Crippen molar-refractivity contribution in [2.24, 2.45) is 5.10 Å². The quantitative estimate of drug-likeness (QED) is 0.501. The predicted molar refractivity (Wildman–Crippen MR) is 100 cm³/mol. The number of hydrazone groups is 1. The van der Waals surface area contributed by atoms with Crippen LogP contribution in [0.3, 0.4) is 0 Å². The van der Waals surface area contributed by atoms with Gasteiger partial charge in [0, 0.05) is 12.1 Å². The molecular weight excluding hydrogens is 366 g/mol. The SMILES string of the molecule is CCn1ncc(/C=N\NC(=O)c2ccc(COc3ccc(F)cc3)cc2)c1F. The van der Waals surface area contributed by atoms with E-state index in [9.17, 15) is 13.6 Å². The van der Waals surface area contributed by atoms with Gasteiger partial charge in [-0.25, -0.2) is 14.5 Å². The normalized spacial score (nSPS) is 11.0. The van der Waals surface area contributed by atoms with Gasteiger partial charge >= 0.3 is 0 Å². The van der Waals surface area contributed by atoms with Crippen LogP contribution in [0.5, 0.6) is 5.75 Å². The third-order valence-electron chi connectivity index (χ3n) is 3.91. The summed E-state index contributed by atoms with van der Waals surface area (Å²) < 4.78 is 33.4. The lowest BCUT2D eigenvalue weighted by Crippen LogP contribution is -2.17. The van der Waals surface area contributed by atoms with E-state index in [1.165, 1.54) is 29.2 Å². The number of aryl methyl sites for hydroxylation is 1. The number of amides is 1. The highest BCUT2D eigenvalue weighted by molar-refractivity contribution is 5.94. The fourth-order valence-corrected chi connectivity index (χ4v) is 2.37. The minimum Gasteiger partial charge on any atom is -0.489 e. The molecule has 6 nitrogen and oxygen atoms in total. The van der Waals surface area contributed by atoms with Gasteiger partial charge in [-0.15, -0.1) is 0 Å². The average Bonchev–Trinajstić information content (AvgIpc) is 3.07. The molecule has 0 unspecified atom stereocenters. The van der Waals surface area contributed by atoms with Crippen molar-refractivity contribution in [3.63, 3.8) is 0 Å². The van der Waals surface area contributed by atoms with Crippen molar-refractivity contribution >= 4 is 12.1 Å². The topological polar surface area (TPSA) is 68.5 Å². The molecule has 0 bridgehead atoms. The largest absolute Gasteiger partial charge is 0.489 e. The Kier molecular flexibility index (Phi) is 6.11. The van der Waals surface area contributed by atoms with Crippen LogP contribution < -0.4 is 10.2 Å². The van der Waals surface area contributed by atoms with E-state index < -0.39 is 11.9 Å². The highest BCUT2D eigenvalue weighted by Gasteiger charge is 2.08. The Morgan fingerprint density at radius 2 is 1.89 bits per heavy atom. The second-order valence-electron chi connectivity index (χ2n) is 5.85. The van der Waals surface area contributed by atoms with E-state index in [0.29, 0.717) is 17.9 Å². The molecule has 0 spiro atoms. The van der Waals surface area contributed by atoms with Gasteiger partial charge in [0.25, 0.3) is 5.91 Å². The Morgan fingerprint density at radius 1 is 1.18 bits per heavy atom. The van der Waals surface area contributed by atoms with Gasteiger partial charge in [-0.05, 0) is 48.9 Å². The summed E-state index contributed by atoms with van der Waals surface area (Å²) in [4.78, 5) is 12.1. The van der Waals surface area contributed by atoms with Gasteiger partial charge in [0.1, 0.15) is 18.2 Å². The predicted octanol–water partition coefficient (Wildman–Crippen LogP) is 3.52. The van der Waals surface area contributed by atoms with Crippen LogP contribution >= 0.6 is 0 Å². The maximum Gasteiger partial charge on any atom is 0.271 e. The highest BCUT2D eigenvalue weighted by Crippen LogP contribution is 2.14. The lowest BCUT2D eigenvalue weighted by molar-refractivity contribution is 0.0955. The molecule has 144 valence electrons. The van der Waals surface area contributed by atoms with E-state index in [4.69, 9.17) is 4.74 Å². The van der Waals surface area contributed by atoms with E-state index in [0.717, 1.165) is 5.56 Å². The molecule has 1 amide bonds. The molecule has 8 heteroatoms. The van der Waals surface area contributed by atoms with Crippen molar-refractivity contribution in [1.29, 1.82) is 0 Å². The van der Waals surface area contributed by atoms with Crippen LogP contribution in [0.25, 0.3) is 0 Å². The summed E-state index contributed by atoms with van der Waals surface area (Å²) in [6.45, 7) is 2.46. The van der Waals surface area contributed by atoms with Crippen LogP contribution in [-0.4, -0.2) is 21.9 Å². The number of rotatable bonds is 7. The molecule has 0 atom stereocenters. The van der Waals surface area contributed by atoms with Crippen molar-refractivity contribution in [2.75, 3.05) is 0 Å². The lowest BCUT2D eigenvalue weighted by Gasteiger charge is -2.07. The molecule has 0 aliphatic rings. The molecule has 2 aromatic carbocycles. The van der Waals surface area contributed by atoms with Crippen LogP contribution in [0.4, 0.5) is 8.78 Å². The van der Waals surface area contributed by atoms with E-state index in [1.807, 2.05) is 0 Å². The molecule has 1 heterocycles. The van der Waals surface area contributed by atoms with Crippen molar-refractivity contribution in [3.05, 3.63) is 83.2 Å². The molecule has 0 aliphatic carbocycles. The van der Waals surface area contributed by atoms with Crippen LogP contribution in [0.2, 0.25) is 0 Å². The zero-order valence-electron chi connectivity index (χ0n) is 15.1. The number of halogens is 2. The van der Waals surface area contributed by atoms with E-state index in [-0.39, 0.29) is 18.0 Å². The fraction of sp³-hybridized carbons (Fsp3) is 0.150. The summed E-state index contributed by atoms with van der Waals surface area (Å²) in [7, 11) is 0. The standard InChI is InChI=1S/C20H18F2N4O2/c1-2-26-19(22)16(12-24-26)11-23-25-20(27)15-5-3-14(4-6-15)13-28-18-9-7-17(21)8-10-18/h3-12H,2,13H2,1H3,(H,25,27)/b23-11-. The number of hydrogen-bond donors (Lipinski definition) is 1. The summed E-state index contributed by atoms with van der Waals surface area (Å²) in [5.41, 5.74) is 3.78. The van der Waals surface area contributed by atoms with Crippen LogP contribution in [0, 0.1) is 11.8 Å². The second-order valence-corrected chi connectivity index (χ2v) is 5.85. The Bertz CT molecular complexity index is 967. The summed E-state index contributed by atoms with van der Waals surface area (Å²) in [6, 6.07) is 12.5. The van der Waals surface area contributed by atoms with Crippen LogP contribution in [0.15, 0.2) is 59.8 Å². The van der Waals surface area contributed by atoms with Gasteiger partial charge in [-0.1, -0.05) is 12.1 Å². The maximum absolute atomic E-state index is 13.8. The van der Waals surface area contributed by atoms with E-state index >= 15 is 0 Å². The first-order valence-electron chi connectivity index (χ1n) is 8.59. The number of nitrogens with one attached hydrogen (secondary N) is 1. The summed E-state index contributed by atoms with van der Waals surface area (Å²) in [5.74, 6) is -0.708. The monoisotopic (exact) mass is 384 g/mol. The van der Waals surface area contributed by atoms with Crippen molar-refractivity contribution < 1.29 is 18.3 Å². The molecule has 1 aromatic heterocycles. The van der Waals surface area contributed by atoms with Gasteiger partial charge < -0.3 is 4.74 Å². The van der Waals surface area contributed by atoms with Crippen molar-refractivity contribution in [3.8, 4) is 5.75 Å². The van der Waals surface area contributed by atoms with Gasteiger partial charge in [-0.3, -0.25) is 4.79 Å². The molecule has 0 saturated carbocycles. The molecule has 3 aromatic rings. The molecule has 1 N–H and O–H groups in total. The fourth-order valence-electron chi connectivity index (χ4n) is 2.37. The number of aromatic nitrogens is 2. The number of nitrogens with zero attached hydrogens (tertiary/aromatic N) is 3. The smallest absolute Gasteiger partial charge is 0.271 e. The molecule has 3 rings (SSSR count). The zero-order valence-corrected chi connectivity index (χ0v) is 15.1. The van der Waals surface area contributed by atoms with Gasteiger partial charge in [0.2, 0.25) is 5.95 Å². The molecule has 0 aliphatic heterocycles. The zero-order chi connectivity index (χ0) is 19.9. The first-order chi connectivity index (χ1) is 13.6. The number of ether oxygens (including phenoxy) is 1. The Labute approximate surface area is 160 Å². The van der Waals surface area contributed by atoms with Gasteiger partial charge in [0.15, 0.2) is 0 Å². The minimum absolute atomic E-state index is 0.190. The molecular formula is C20H18F2N4O2. The van der Waals surface area contributed by atoms with E-state index in [2.05, 4.69) is 15.6 Å².